The van der Waals surface area contributed by atoms with Crippen LogP contribution in [0.4, 0.5) is 29.3 Å². The van der Waals surface area contributed by atoms with E-state index in [9.17, 15) is 37.7 Å². The number of benzene rings is 2. The maximum absolute atomic E-state index is 12.9. The summed E-state index contributed by atoms with van der Waals surface area (Å²) in [6.45, 7) is 4.71. The molecule has 0 spiro atoms. The van der Waals surface area contributed by atoms with Gasteiger partial charge in [-0.15, -0.1) is 0 Å². The van der Waals surface area contributed by atoms with Crippen LogP contribution in [0.5, 0.6) is 0 Å². The number of hydrogen-bond donors (Lipinski definition) is 1. The zero-order chi connectivity index (χ0) is 28.6. The van der Waals surface area contributed by atoms with Gasteiger partial charge in [-0.05, 0) is 80.1 Å². The normalized spacial score (nSPS) is 14.8. The van der Waals surface area contributed by atoms with Gasteiger partial charge in [-0.25, -0.2) is 0 Å². The number of thioether (sulfide) groups is 1. The molecule has 1 fully saturated rings. The van der Waals surface area contributed by atoms with Crippen molar-refractivity contribution in [3.05, 3.63) is 91.6 Å². The molecule has 0 atom stereocenters. The number of carbonyl (C=O) groups excluding carboxylic acids is 3. The summed E-state index contributed by atoms with van der Waals surface area (Å²) in [6, 6.07) is 10.3. The summed E-state index contributed by atoms with van der Waals surface area (Å²) in [5.41, 5.74) is 2.42. The standard InChI is InChI=1S/C26H21F3N4O5S/c1-14-9-20(33(37)38)7-8-21(14)32-15(2)10-17(16(32)3)11-22-24(35)31(25(36)39-22)13-23(34)30-19-6-4-5-18(12-19)26(27,28)29/h4-12H,13H2,1-3H3,(H,30,34)/b22-11-. The predicted octanol–water partition coefficient (Wildman–Crippen LogP) is 6.00. The molecule has 2 heterocycles. The second-order valence-corrected chi connectivity index (χ2v) is 9.78. The minimum absolute atomic E-state index is 0.0373. The van der Waals surface area contributed by atoms with Gasteiger partial charge in [0.25, 0.3) is 16.8 Å². The summed E-state index contributed by atoms with van der Waals surface area (Å²) in [5.74, 6) is -1.54. The maximum atomic E-state index is 12.9. The van der Waals surface area contributed by atoms with Crippen molar-refractivity contribution in [1.82, 2.24) is 9.47 Å². The van der Waals surface area contributed by atoms with E-state index < -0.39 is 40.3 Å². The number of aryl methyl sites for hydroxylation is 2. The first kappa shape index (κ1) is 27.6. The van der Waals surface area contributed by atoms with Gasteiger partial charge in [-0.1, -0.05) is 6.07 Å². The first-order chi connectivity index (χ1) is 18.3. The number of aromatic nitrogens is 1. The number of carbonyl (C=O) groups is 3. The molecule has 13 heteroatoms. The van der Waals surface area contributed by atoms with Crippen LogP contribution in [0.3, 0.4) is 0 Å². The van der Waals surface area contributed by atoms with Gasteiger partial charge in [-0.3, -0.25) is 29.4 Å². The zero-order valence-electron chi connectivity index (χ0n) is 20.8. The van der Waals surface area contributed by atoms with E-state index in [1.165, 1.54) is 24.3 Å². The highest BCUT2D eigenvalue weighted by atomic mass is 32.2. The number of rotatable bonds is 6. The van der Waals surface area contributed by atoms with Crippen molar-refractivity contribution < 1.29 is 32.5 Å². The number of anilines is 1. The first-order valence-corrected chi connectivity index (χ1v) is 12.2. The van der Waals surface area contributed by atoms with E-state index in [1.54, 1.807) is 26.0 Å². The van der Waals surface area contributed by atoms with E-state index in [1.807, 2.05) is 11.5 Å². The monoisotopic (exact) mass is 558 g/mol. The Morgan fingerprint density at radius 1 is 1.10 bits per heavy atom. The average molecular weight is 559 g/mol. The molecule has 9 nitrogen and oxygen atoms in total. The second-order valence-electron chi connectivity index (χ2n) is 8.78. The molecule has 0 radical (unpaired) electrons. The summed E-state index contributed by atoms with van der Waals surface area (Å²) in [7, 11) is 0. The van der Waals surface area contributed by atoms with Crippen molar-refractivity contribution in [3.63, 3.8) is 0 Å². The lowest BCUT2D eigenvalue weighted by atomic mass is 10.1. The Kier molecular flexibility index (Phi) is 7.37. The molecular weight excluding hydrogens is 537 g/mol. The fraction of sp³-hybridized carbons (Fsp3) is 0.192. The molecule has 202 valence electrons. The van der Waals surface area contributed by atoms with Crippen LogP contribution in [0, 0.1) is 30.9 Å². The van der Waals surface area contributed by atoms with Gasteiger partial charge in [0.2, 0.25) is 5.91 Å². The number of nitrogens with zero attached hydrogens (tertiary/aromatic N) is 3. The molecule has 1 aliphatic rings. The Morgan fingerprint density at radius 3 is 2.46 bits per heavy atom. The van der Waals surface area contributed by atoms with E-state index in [4.69, 9.17) is 0 Å². The second kappa shape index (κ2) is 10.4. The lowest BCUT2D eigenvalue weighted by molar-refractivity contribution is -0.384. The van der Waals surface area contributed by atoms with Gasteiger partial charge < -0.3 is 9.88 Å². The molecular formula is C26H21F3N4O5S. The lowest BCUT2D eigenvalue weighted by Crippen LogP contribution is -2.36. The lowest BCUT2D eigenvalue weighted by Gasteiger charge is -2.13. The number of alkyl halides is 3. The Labute approximate surface area is 224 Å². The molecule has 0 unspecified atom stereocenters. The highest BCUT2D eigenvalue weighted by molar-refractivity contribution is 8.18. The van der Waals surface area contributed by atoms with E-state index in [2.05, 4.69) is 5.32 Å². The van der Waals surface area contributed by atoms with Crippen LogP contribution in [0.2, 0.25) is 0 Å². The minimum Gasteiger partial charge on any atom is -0.325 e. The average Bonchev–Trinajstić information content (AvgIpc) is 3.27. The molecule has 3 aromatic rings. The summed E-state index contributed by atoms with van der Waals surface area (Å²) in [5, 5.41) is 12.7. The number of non-ortho nitro benzene ring substituents is 1. The van der Waals surface area contributed by atoms with Crippen molar-refractivity contribution >= 4 is 46.3 Å². The summed E-state index contributed by atoms with van der Waals surface area (Å²) < 4.78 is 40.7. The van der Waals surface area contributed by atoms with Crippen molar-refractivity contribution in [3.8, 4) is 5.69 Å². The number of nitro groups is 1. The number of amides is 3. The summed E-state index contributed by atoms with van der Waals surface area (Å²) in [4.78, 5) is 49.3. The third-order valence-electron chi connectivity index (χ3n) is 6.04. The molecule has 1 saturated heterocycles. The van der Waals surface area contributed by atoms with Gasteiger partial charge in [0.1, 0.15) is 6.54 Å². The van der Waals surface area contributed by atoms with Crippen LogP contribution in [-0.2, 0) is 15.8 Å². The molecule has 1 aromatic heterocycles. The predicted molar refractivity (Wildman–Crippen MR) is 139 cm³/mol. The Bertz CT molecular complexity index is 1560. The molecule has 2 aromatic carbocycles. The van der Waals surface area contributed by atoms with Crippen LogP contribution in [0.15, 0.2) is 53.4 Å². The highest BCUT2D eigenvalue weighted by Gasteiger charge is 2.37. The maximum Gasteiger partial charge on any atom is 0.416 e. The van der Waals surface area contributed by atoms with E-state index in [-0.39, 0.29) is 16.3 Å². The highest BCUT2D eigenvalue weighted by Crippen LogP contribution is 2.35. The summed E-state index contributed by atoms with van der Waals surface area (Å²) in [6.07, 6.45) is -3.07. The number of imide groups is 1. The van der Waals surface area contributed by atoms with Crippen LogP contribution in [0.1, 0.15) is 28.1 Å². The van der Waals surface area contributed by atoms with Crippen molar-refractivity contribution in [1.29, 1.82) is 0 Å². The van der Waals surface area contributed by atoms with Crippen molar-refractivity contribution in [2.75, 3.05) is 11.9 Å². The van der Waals surface area contributed by atoms with Crippen LogP contribution < -0.4 is 5.32 Å². The topological polar surface area (TPSA) is 115 Å². The SMILES string of the molecule is Cc1cc([N+](=O)[O-])ccc1-n1c(C)cc(/C=C2\SC(=O)N(CC(=O)Nc3cccc(C(F)(F)F)c3)C2=O)c1C. The first-order valence-electron chi connectivity index (χ1n) is 11.4. The fourth-order valence-electron chi connectivity index (χ4n) is 4.20. The third kappa shape index (κ3) is 5.72. The van der Waals surface area contributed by atoms with Gasteiger partial charge in [0, 0.05) is 34.9 Å². The molecule has 0 aliphatic carbocycles. The van der Waals surface area contributed by atoms with Crippen molar-refractivity contribution in [2.45, 2.75) is 26.9 Å². The zero-order valence-corrected chi connectivity index (χ0v) is 21.6. The number of halogens is 3. The van der Waals surface area contributed by atoms with Gasteiger partial charge in [0.15, 0.2) is 0 Å². The molecule has 3 amide bonds. The fourth-order valence-corrected chi connectivity index (χ4v) is 5.03. The third-order valence-corrected chi connectivity index (χ3v) is 6.95. The molecule has 0 bridgehead atoms. The van der Waals surface area contributed by atoms with E-state index >= 15 is 0 Å². The van der Waals surface area contributed by atoms with Crippen LogP contribution in [-0.4, -0.2) is 38.0 Å². The Morgan fingerprint density at radius 2 is 1.82 bits per heavy atom. The smallest absolute Gasteiger partial charge is 0.325 e. The van der Waals surface area contributed by atoms with Gasteiger partial charge in [0.05, 0.1) is 15.4 Å². The number of nitro benzene ring substituents is 1. The Balaban J connectivity index is 1.53. The van der Waals surface area contributed by atoms with Crippen LogP contribution in [0.25, 0.3) is 11.8 Å². The molecule has 0 saturated carbocycles. The largest absolute Gasteiger partial charge is 0.416 e. The van der Waals surface area contributed by atoms with Gasteiger partial charge >= 0.3 is 6.18 Å². The van der Waals surface area contributed by atoms with Crippen molar-refractivity contribution in [2.24, 2.45) is 0 Å². The molecule has 1 N–H and O–H groups in total. The number of nitrogens with one attached hydrogen (secondary N) is 1. The Hall–Kier alpha value is -4.39. The summed E-state index contributed by atoms with van der Waals surface area (Å²) >= 11 is 0.644. The molecule has 4 rings (SSSR count). The van der Waals surface area contributed by atoms with E-state index in [0.29, 0.717) is 22.9 Å². The quantitative estimate of drug-likeness (QED) is 0.225. The van der Waals surface area contributed by atoms with E-state index in [0.717, 1.165) is 40.2 Å². The molecule has 39 heavy (non-hydrogen) atoms. The number of hydrogen-bond acceptors (Lipinski definition) is 6. The molecule has 1 aliphatic heterocycles. The van der Waals surface area contributed by atoms with Crippen LogP contribution >= 0.6 is 11.8 Å². The minimum atomic E-state index is -4.59. The van der Waals surface area contributed by atoms with Gasteiger partial charge in [-0.2, -0.15) is 13.2 Å².